The van der Waals surface area contributed by atoms with Crippen molar-refractivity contribution >= 4 is 29.3 Å². The van der Waals surface area contributed by atoms with Crippen molar-refractivity contribution in [2.75, 3.05) is 19.5 Å². The number of aliphatic hydroxyl groups excluding tert-OH is 2. The molecule has 0 aromatic carbocycles. The molecule has 0 saturated heterocycles. The fraction of sp³-hybridized carbons (Fsp3) is 0.556. The van der Waals surface area contributed by atoms with E-state index in [-0.39, 0.29) is 5.82 Å². The van der Waals surface area contributed by atoms with Crippen LogP contribution in [0.4, 0.5) is 5.82 Å². The first-order valence-corrected chi connectivity index (χ1v) is 11.6. The Labute approximate surface area is 161 Å². The van der Waals surface area contributed by atoms with Crippen LogP contribution in [-0.2, 0) is 31.6 Å². The lowest BCUT2D eigenvalue weighted by atomic mass is 10.2. The number of methoxy groups -OCH3 is 1. The summed E-state index contributed by atoms with van der Waals surface area (Å²) in [6.07, 6.45) is -4.56. The first-order chi connectivity index (χ1) is 13.1. The Bertz CT molecular complexity index is 900. The second-order valence-corrected chi connectivity index (χ2v) is 9.53. The van der Waals surface area contributed by atoms with Gasteiger partial charge in [0.15, 0.2) is 6.23 Å². The molecule has 168 valence electrons. The number of nitrogens with two attached hydrogens (primary N) is 1. The van der Waals surface area contributed by atoms with E-state index in [9.17, 15) is 33.6 Å². The quantitative estimate of drug-likeness (QED) is 0.168. The molecule has 29 heavy (non-hydrogen) atoms. The Balaban J connectivity index is 2.83. The molecule has 0 aliphatic rings. The molecule has 0 amide bonds. The van der Waals surface area contributed by atoms with Crippen molar-refractivity contribution in [2.45, 2.75) is 18.4 Å². The van der Waals surface area contributed by atoms with E-state index in [2.05, 4.69) is 18.1 Å². The normalized spacial score (nSPS) is 19.7. The Morgan fingerprint density at radius 1 is 1.14 bits per heavy atom. The molecule has 1 heterocycles. The van der Waals surface area contributed by atoms with E-state index in [1.165, 1.54) is 0 Å². The lowest BCUT2D eigenvalue weighted by molar-refractivity contribution is -0.117. The molecule has 0 fully saturated rings. The number of nitrogen functional groups attached to an aromatic ring is 1. The molecule has 0 bridgehead atoms. The van der Waals surface area contributed by atoms with Gasteiger partial charge in [0.1, 0.15) is 18.0 Å². The van der Waals surface area contributed by atoms with Crippen molar-refractivity contribution in [1.82, 2.24) is 9.55 Å². The summed E-state index contributed by atoms with van der Waals surface area (Å²) < 4.78 is 50.0. The number of aliphatic hydroxyl groups is 2. The van der Waals surface area contributed by atoms with E-state index < -0.39 is 54.2 Å². The van der Waals surface area contributed by atoms with E-state index in [0.717, 1.165) is 19.4 Å². The third kappa shape index (κ3) is 8.70. The standard InChI is InChI=1S/C9H18N3O14P3/c1-23-5(7(13)8(14)12-3-2-6(10)11-9(12)15)4-24-28(19,20)26-29(21,22)25-27(16,17)18/h2-3,5,7-8,13-14H,4H2,1H3,(H,19,20)(H,21,22)(H2,10,11,15)(H2,16,17,18)/t5-,7-,8+/m1/s1. The number of aromatic nitrogens is 2. The van der Waals surface area contributed by atoms with Gasteiger partial charge in [-0.05, 0) is 6.07 Å². The molecule has 20 heteroatoms. The highest BCUT2D eigenvalue weighted by Crippen LogP contribution is 2.66. The third-order valence-electron chi connectivity index (χ3n) is 2.94. The highest BCUT2D eigenvalue weighted by Gasteiger charge is 2.41. The summed E-state index contributed by atoms with van der Waals surface area (Å²) in [7, 11) is -15.8. The molecule has 8 N–H and O–H groups in total. The molecular formula is C9H18N3O14P3. The topological polar surface area (TPSA) is 270 Å². The second kappa shape index (κ2) is 9.85. The van der Waals surface area contributed by atoms with Crippen LogP contribution in [0.2, 0.25) is 0 Å². The molecule has 17 nitrogen and oxygen atoms in total. The molecule has 1 aromatic rings. The van der Waals surface area contributed by atoms with Gasteiger partial charge >= 0.3 is 29.2 Å². The molecule has 0 aliphatic carbocycles. The lowest BCUT2D eigenvalue weighted by Crippen LogP contribution is -2.42. The monoisotopic (exact) mass is 485 g/mol. The van der Waals surface area contributed by atoms with Crippen molar-refractivity contribution < 1.29 is 61.4 Å². The first kappa shape index (κ1) is 26.0. The minimum absolute atomic E-state index is 0.163. The van der Waals surface area contributed by atoms with Crippen LogP contribution in [0.3, 0.4) is 0 Å². The number of hydrogen-bond donors (Lipinski definition) is 7. The summed E-state index contributed by atoms with van der Waals surface area (Å²) in [5, 5.41) is 20.1. The van der Waals surface area contributed by atoms with Crippen LogP contribution in [0.15, 0.2) is 17.1 Å². The van der Waals surface area contributed by atoms with Crippen LogP contribution in [0.1, 0.15) is 6.23 Å². The highest BCUT2D eigenvalue weighted by molar-refractivity contribution is 7.66. The lowest BCUT2D eigenvalue weighted by Gasteiger charge is -2.27. The number of phosphoric ester groups is 1. The first-order valence-electron chi connectivity index (χ1n) is 7.09. The van der Waals surface area contributed by atoms with E-state index in [1.54, 1.807) is 0 Å². The van der Waals surface area contributed by atoms with Gasteiger partial charge in [-0.3, -0.25) is 9.09 Å². The zero-order chi connectivity index (χ0) is 22.6. The van der Waals surface area contributed by atoms with E-state index >= 15 is 0 Å². The number of anilines is 1. The Kier molecular flexibility index (Phi) is 8.83. The number of hydrogen-bond acceptors (Lipinski definition) is 12. The molecule has 0 spiro atoms. The van der Waals surface area contributed by atoms with Crippen LogP contribution >= 0.6 is 23.5 Å². The van der Waals surface area contributed by atoms with Gasteiger partial charge in [-0.15, -0.1) is 0 Å². The zero-order valence-electron chi connectivity index (χ0n) is 14.4. The van der Waals surface area contributed by atoms with Crippen molar-refractivity contribution in [3.05, 3.63) is 22.7 Å². The third-order valence-corrected chi connectivity index (χ3v) is 6.75. The van der Waals surface area contributed by atoms with Crippen molar-refractivity contribution in [3.63, 3.8) is 0 Å². The summed E-state index contributed by atoms with van der Waals surface area (Å²) in [6.45, 7) is -1.06. The molecule has 0 aliphatic heterocycles. The van der Waals surface area contributed by atoms with Crippen LogP contribution in [0.25, 0.3) is 0 Å². The second-order valence-electron chi connectivity index (χ2n) is 5.11. The van der Waals surface area contributed by atoms with E-state index in [4.69, 9.17) is 25.2 Å². The highest BCUT2D eigenvalue weighted by atomic mass is 31.3. The fourth-order valence-electron chi connectivity index (χ4n) is 1.76. The molecule has 2 unspecified atom stereocenters. The Morgan fingerprint density at radius 3 is 2.21 bits per heavy atom. The van der Waals surface area contributed by atoms with Crippen LogP contribution < -0.4 is 11.4 Å². The number of phosphoric acid groups is 3. The predicted octanol–water partition coefficient (Wildman–Crippen LogP) is -1.96. The Morgan fingerprint density at radius 2 is 1.72 bits per heavy atom. The van der Waals surface area contributed by atoms with E-state index in [0.29, 0.717) is 4.57 Å². The maximum Gasteiger partial charge on any atom is 0.490 e. The van der Waals surface area contributed by atoms with Crippen LogP contribution in [0, 0.1) is 0 Å². The number of nitrogens with zero attached hydrogens (tertiary/aromatic N) is 2. The van der Waals surface area contributed by atoms with Crippen molar-refractivity contribution in [2.24, 2.45) is 0 Å². The van der Waals surface area contributed by atoms with Gasteiger partial charge in [0.25, 0.3) is 0 Å². The minimum atomic E-state index is -5.73. The molecular weight excluding hydrogens is 467 g/mol. The van der Waals surface area contributed by atoms with Crippen LogP contribution in [-0.4, -0.2) is 65.3 Å². The maximum atomic E-state index is 11.7. The van der Waals surface area contributed by atoms with Gasteiger partial charge in [0.05, 0.1) is 6.61 Å². The van der Waals surface area contributed by atoms with Gasteiger partial charge in [0.2, 0.25) is 0 Å². The smallest absolute Gasteiger partial charge is 0.386 e. The van der Waals surface area contributed by atoms with Gasteiger partial charge in [-0.2, -0.15) is 13.6 Å². The largest absolute Gasteiger partial charge is 0.490 e. The molecule has 5 atom stereocenters. The molecule has 1 aromatic heterocycles. The average Bonchev–Trinajstić information content (AvgIpc) is 2.50. The van der Waals surface area contributed by atoms with Gasteiger partial charge in [-0.1, -0.05) is 0 Å². The number of ether oxygens (including phenoxy) is 1. The minimum Gasteiger partial charge on any atom is -0.386 e. The molecule has 1 rings (SSSR count). The Hall–Kier alpha value is -1.03. The molecule has 0 radical (unpaired) electrons. The summed E-state index contributed by atoms with van der Waals surface area (Å²) in [4.78, 5) is 50.3. The SMILES string of the molecule is CO[C@H](COP(=O)(O)OP(=O)(O)OP(=O)(O)O)[C@@H](O)[C@H](O)n1ccc(N)nc1=O. The zero-order valence-corrected chi connectivity index (χ0v) is 17.0. The van der Waals surface area contributed by atoms with Crippen LogP contribution in [0.5, 0.6) is 0 Å². The van der Waals surface area contributed by atoms with Gasteiger partial charge in [-0.25, -0.2) is 18.5 Å². The summed E-state index contributed by atoms with van der Waals surface area (Å²) in [5.41, 5.74) is 4.24. The van der Waals surface area contributed by atoms with Crippen molar-refractivity contribution in [3.8, 4) is 0 Å². The van der Waals surface area contributed by atoms with E-state index in [1.807, 2.05) is 0 Å². The number of rotatable bonds is 11. The molecule has 0 saturated carbocycles. The maximum absolute atomic E-state index is 11.7. The summed E-state index contributed by atoms with van der Waals surface area (Å²) >= 11 is 0. The fourth-order valence-corrected chi connectivity index (χ4v) is 4.79. The summed E-state index contributed by atoms with van der Waals surface area (Å²) in [5.74, 6) is -0.163. The van der Waals surface area contributed by atoms with Gasteiger partial charge in [0, 0.05) is 13.3 Å². The van der Waals surface area contributed by atoms with Gasteiger partial charge < -0.3 is 40.3 Å². The predicted molar refractivity (Wildman–Crippen MR) is 90.8 cm³/mol. The summed E-state index contributed by atoms with van der Waals surface area (Å²) in [6, 6.07) is 1.13. The average molecular weight is 485 g/mol. The van der Waals surface area contributed by atoms with Crippen molar-refractivity contribution in [1.29, 1.82) is 0 Å².